The Labute approximate surface area is 193 Å². The van der Waals surface area contributed by atoms with E-state index in [0.717, 1.165) is 11.1 Å². The molecular weight excluding hydrogens is 467 g/mol. The van der Waals surface area contributed by atoms with Crippen LogP contribution in [0.4, 0.5) is 16.0 Å². The van der Waals surface area contributed by atoms with E-state index in [1.54, 1.807) is 35.7 Å². The summed E-state index contributed by atoms with van der Waals surface area (Å²) in [6.45, 7) is 1.73. The molecule has 164 valence electrons. The Bertz CT molecular complexity index is 1510. The molecule has 0 aliphatic heterocycles. The SMILES string of the molecule is Cc1nc(-c2ccc(F)cc2)sc1C(=O)Nc1nc2scc(-c3ccc([N+](=O)[O-])cc3)n2n1. The van der Waals surface area contributed by atoms with Crippen LogP contribution < -0.4 is 5.32 Å². The lowest BCUT2D eigenvalue weighted by molar-refractivity contribution is -0.384. The van der Waals surface area contributed by atoms with Crippen LogP contribution in [0.2, 0.25) is 0 Å². The van der Waals surface area contributed by atoms with E-state index in [9.17, 15) is 19.3 Å². The number of hydrogen-bond donors (Lipinski definition) is 1. The number of aryl methyl sites for hydroxylation is 1. The highest BCUT2D eigenvalue weighted by molar-refractivity contribution is 7.17. The lowest BCUT2D eigenvalue weighted by Gasteiger charge is -2.00. The van der Waals surface area contributed by atoms with Gasteiger partial charge in [-0.05, 0) is 43.3 Å². The van der Waals surface area contributed by atoms with E-state index in [1.165, 1.54) is 46.9 Å². The molecule has 0 bridgehead atoms. The summed E-state index contributed by atoms with van der Waals surface area (Å²) < 4.78 is 14.8. The van der Waals surface area contributed by atoms with Crippen LogP contribution in [0.3, 0.4) is 0 Å². The second-order valence-corrected chi connectivity index (χ2v) is 8.78. The molecule has 33 heavy (non-hydrogen) atoms. The van der Waals surface area contributed by atoms with Crippen molar-refractivity contribution in [1.29, 1.82) is 0 Å². The van der Waals surface area contributed by atoms with Crippen molar-refractivity contribution < 1.29 is 14.1 Å². The molecule has 2 aromatic carbocycles. The highest BCUT2D eigenvalue weighted by Crippen LogP contribution is 2.30. The Morgan fingerprint density at radius 1 is 1.09 bits per heavy atom. The summed E-state index contributed by atoms with van der Waals surface area (Å²) >= 11 is 2.53. The van der Waals surface area contributed by atoms with E-state index < -0.39 is 10.8 Å². The first-order valence-electron chi connectivity index (χ1n) is 9.53. The first-order valence-corrected chi connectivity index (χ1v) is 11.2. The van der Waals surface area contributed by atoms with Crippen LogP contribution in [-0.2, 0) is 0 Å². The second kappa shape index (κ2) is 8.15. The van der Waals surface area contributed by atoms with E-state index in [2.05, 4.69) is 20.4 Å². The number of aromatic nitrogens is 4. The lowest BCUT2D eigenvalue weighted by atomic mass is 10.1. The maximum atomic E-state index is 13.2. The van der Waals surface area contributed by atoms with Crippen molar-refractivity contribution in [2.75, 3.05) is 5.32 Å². The normalized spacial score (nSPS) is 11.1. The van der Waals surface area contributed by atoms with Gasteiger partial charge in [-0.25, -0.2) is 13.9 Å². The number of amides is 1. The number of fused-ring (bicyclic) bond motifs is 1. The minimum Gasteiger partial charge on any atom is -0.288 e. The van der Waals surface area contributed by atoms with Gasteiger partial charge in [-0.15, -0.1) is 27.8 Å². The Balaban J connectivity index is 1.39. The molecule has 3 aromatic heterocycles. The van der Waals surface area contributed by atoms with Crippen molar-refractivity contribution in [3.05, 3.63) is 80.4 Å². The third kappa shape index (κ3) is 3.97. The molecule has 0 aliphatic carbocycles. The van der Waals surface area contributed by atoms with E-state index in [1.807, 2.05) is 5.38 Å². The number of carbonyl (C=O) groups excluding carboxylic acids is 1. The van der Waals surface area contributed by atoms with Crippen molar-refractivity contribution in [1.82, 2.24) is 19.6 Å². The number of non-ortho nitro benzene ring substituents is 1. The number of anilines is 1. The first kappa shape index (κ1) is 20.8. The number of nitrogens with zero attached hydrogens (tertiary/aromatic N) is 5. The Kier molecular flexibility index (Phi) is 5.15. The highest BCUT2D eigenvalue weighted by atomic mass is 32.1. The van der Waals surface area contributed by atoms with Gasteiger partial charge < -0.3 is 0 Å². The van der Waals surface area contributed by atoms with Crippen LogP contribution in [0.15, 0.2) is 53.9 Å². The number of carbonyl (C=O) groups is 1. The van der Waals surface area contributed by atoms with Gasteiger partial charge >= 0.3 is 0 Å². The predicted octanol–water partition coefficient (Wildman–Crippen LogP) is 5.19. The summed E-state index contributed by atoms with van der Waals surface area (Å²) in [7, 11) is 0. The van der Waals surface area contributed by atoms with E-state index >= 15 is 0 Å². The minimum absolute atomic E-state index is 0.00306. The van der Waals surface area contributed by atoms with Crippen LogP contribution in [-0.4, -0.2) is 30.4 Å². The Morgan fingerprint density at radius 3 is 2.48 bits per heavy atom. The van der Waals surface area contributed by atoms with E-state index in [0.29, 0.717) is 26.2 Å². The molecule has 0 unspecified atom stereocenters. The summed E-state index contributed by atoms with van der Waals surface area (Å²) in [5, 5.41) is 20.4. The minimum atomic E-state index is -0.459. The first-order chi connectivity index (χ1) is 15.9. The van der Waals surface area contributed by atoms with Crippen LogP contribution in [0.5, 0.6) is 0 Å². The topological polar surface area (TPSA) is 115 Å². The molecule has 12 heteroatoms. The molecule has 0 saturated heterocycles. The van der Waals surface area contributed by atoms with Crippen molar-refractivity contribution >= 4 is 45.2 Å². The van der Waals surface area contributed by atoms with E-state index in [-0.39, 0.29) is 17.5 Å². The zero-order valence-electron chi connectivity index (χ0n) is 16.9. The van der Waals surface area contributed by atoms with Crippen LogP contribution in [0, 0.1) is 22.9 Å². The maximum Gasteiger partial charge on any atom is 0.270 e. The van der Waals surface area contributed by atoms with Crippen molar-refractivity contribution in [2.24, 2.45) is 0 Å². The summed E-state index contributed by atoms with van der Waals surface area (Å²) in [6.07, 6.45) is 0. The fourth-order valence-corrected chi connectivity index (χ4v) is 4.97. The quantitative estimate of drug-likeness (QED) is 0.273. The molecule has 1 amide bonds. The highest BCUT2D eigenvalue weighted by Gasteiger charge is 2.19. The van der Waals surface area contributed by atoms with Crippen molar-refractivity contribution in [3.63, 3.8) is 0 Å². The predicted molar refractivity (Wildman–Crippen MR) is 123 cm³/mol. The molecule has 3 heterocycles. The van der Waals surface area contributed by atoms with E-state index in [4.69, 9.17) is 0 Å². The number of rotatable bonds is 5. The summed E-state index contributed by atoms with van der Waals surface area (Å²) in [5.74, 6) is -0.608. The zero-order chi connectivity index (χ0) is 23.1. The van der Waals surface area contributed by atoms with Gasteiger partial charge in [0.15, 0.2) is 0 Å². The number of thiazole rings is 2. The van der Waals surface area contributed by atoms with Gasteiger partial charge in [0.1, 0.15) is 15.7 Å². The monoisotopic (exact) mass is 480 g/mol. The van der Waals surface area contributed by atoms with Gasteiger partial charge in [-0.3, -0.25) is 20.2 Å². The molecule has 0 radical (unpaired) electrons. The van der Waals surface area contributed by atoms with Gasteiger partial charge in [0.25, 0.3) is 17.5 Å². The number of nitro groups is 1. The van der Waals surface area contributed by atoms with Crippen LogP contribution >= 0.6 is 22.7 Å². The molecule has 5 rings (SSSR count). The summed E-state index contributed by atoms with van der Waals surface area (Å²) in [4.78, 5) is 33.0. The van der Waals surface area contributed by atoms with Crippen LogP contribution in [0.1, 0.15) is 15.4 Å². The fraction of sp³-hybridized carbons (Fsp3) is 0.0476. The maximum absolute atomic E-state index is 13.2. The van der Waals surface area contributed by atoms with Gasteiger partial charge in [0.2, 0.25) is 4.96 Å². The third-order valence-corrected chi connectivity index (χ3v) is 6.80. The molecule has 0 fully saturated rings. The molecule has 9 nitrogen and oxygen atoms in total. The van der Waals surface area contributed by atoms with Crippen LogP contribution in [0.25, 0.3) is 26.8 Å². The number of hydrogen-bond acceptors (Lipinski definition) is 8. The molecule has 0 aliphatic rings. The third-order valence-electron chi connectivity index (χ3n) is 4.77. The molecule has 0 atom stereocenters. The number of nitrogens with one attached hydrogen (secondary N) is 1. The molecule has 0 spiro atoms. The smallest absolute Gasteiger partial charge is 0.270 e. The van der Waals surface area contributed by atoms with Crippen molar-refractivity contribution in [3.8, 4) is 21.8 Å². The zero-order valence-corrected chi connectivity index (χ0v) is 18.5. The lowest BCUT2D eigenvalue weighted by Crippen LogP contribution is -2.12. The number of halogens is 1. The Hall–Kier alpha value is -4.03. The largest absolute Gasteiger partial charge is 0.288 e. The molecular formula is C21H13FN6O3S2. The fourth-order valence-electron chi connectivity index (χ4n) is 3.17. The van der Waals surface area contributed by atoms with Gasteiger partial charge in [0.05, 0.1) is 16.3 Å². The standard InChI is InChI=1S/C21H13FN6O3S2/c1-11-17(33-19(23-11)13-2-6-14(22)7-3-13)18(29)24-20-25-21-27(26-20)16(10-32-21)12-4-8-15(9-5-12)28(30)31/h2-10H,1H3,(H,24,26,29). The van der Waals surface area contributed by atoms with Gasteiger partial charge in [0, 0.05) is 28.6 Å². The Morgan fingerprint density at radius 2 is 1.79 bits per heavy atom. The van der Waals surface area contributed by atoms with Gasteiger partial charge in [-0.2, -0.15) is 4.98 Å². The molecule has 5 aromatic rings. The summed E-state index contributed by atoms with van der Waals surface area (Å²) in [5.41, 5.74) is 2.69. The summed E-state index contributed by atoms with van der Waals surface area (Å²) in [6, 6.07) is 12.0. The molecule has 1 N–H and O–H groups in total. The van der Waals surface area contributed by atoms with Crippen molar-refractivity contribution in [2.45, 2.75) is 6.92 Å². The number of benzene rings is 2. The van der Waals surface area contributed by atoms with Gasteiger partial charge in [-0.1, -0.05) is 0 Å². The molecule has 0 saturated carbocycles. The second-order valence-electron chi connectivity index (χ2n) is 6.95. The average Bonchev–Trinajstić information content (AvgIpc) is 3.48. The number of nitro benzene ring substituents is 1. The average molecular weight is 481 g/mol.